The molecule has 0 saturated carbocycles. The quantitative estimate of drug-likeness (QED) is 0.837. The Morgan fingerprint density at radius 3 is 2.71 bits per heavy atom. The van der Waals surface area contributed by atoms with Gasteiger partial charge in [0, 0.05) is 16.3 Å². The van der Waals surface area contributed by atoms with Gasteiger partial charge in [-0.15, -0.1) is 0 Å². The van der Waals surface area contributed by atoms with Crippen LogP contribution in [-0.4, -0.2) is 0 Å². The molecule has 3 heteroatoms. The lowest BCUT2D eigenvalue weighted by molar-refractivity contribution is 0.306. The molecule has 0 unspecified atom stereocenters. The first-order chi connectivity index (χ1) is 8.15. The molecule has 2 nitrogen and oxygen atoms in total. The Hall–Kier alpha value is -1.67. The molecular formula is C14H14ClNO. The largest absolute Gasteiger partial charge is 0.489 e. The van der Waals surface area contributed by atoms with Crippen molar-refractivity contribution in [3.8, 4) is 5.75 Å². The minimum absolute atomic E-state index is 0.451. The Morgan fingerprint density at radius 2 is 2.00 bits per heavy atom. The molecule has 0 aliphatic heterocycles. The molecule has 0 fully saturated rings. The van der Waals surface area contributed by atoms with E-state index in [1.54, 1.807) is 6.07 Å². The number of nitrogens with two attached hydrogens (primary N) is 1. The summed E-state index contributed by atoms with van der Waals surface area (Å²) in [6.07, 6.45) is 0. The maximum atomic E-state index is 5.85. The van der Waals surface area contributed by atoms with Crippen LogP contribution in [0.15, 0.2) is 42.5 Å². The van der Waals surface area contributed by atoms with Gasteiger partial charge in [0.1, 0.15) is 12.4 Å². The maximum absolute atomic E-state index is 5.85. The van der Waals surface area contributed by atoms with E-state index in [2.05, 4.69) is 0 Å². The first-order valence-electron chi connectivity index (χ1n) is 5.38. The maximum Gasteiger partial charge on any atom is 0.120 e. The smallest absolute Gasteiger partial charge is 0.120 e. The molecule has 17 heavy (non-hydrogen) atoms. The highest BCUT2D eigenvalue weighted by Crippen LogP contribution is 2.20. The second kappa shape index (κ2) is 5.11. The highest BCUT2D eigenvalue weighted by Gasteiger charge is 2.01. The summed E-state index contributed by atoms with van der Waals surface area (Å²) in [5.74, 6) is 0.847. The van der Waals surface area contributed by atoms with Crippen molar-refractivity contribution in [1.82, 2.24) is 0 Å². The van der Waals surface area contributed by atoms with E-state index in [1.807, 2.05) is 43.3 Å². The van der Waals surface area contributed by atoms with Crippen LogP contribution in [0.5, 0.6) is 5.75 Å². The monoisotopic (exact) mass is 247 g/mol. The zero-order valence-electron chi connectivity index (χ0n) is 9.61. The summed E-state index contributed by atoms with van der Waals surface area (Å²) in [5, 5.41) is 0.641. The molecule has 0 atom stereocenters. The first-order valence-corrected chi connectivity index (χ1v) is 5.76. The summed E-state index contributed by atoms with van der Waals surface area (Å²) in [7, 11) is 0. The molecule has 0 amide bonds. The molecule has 0 radical (unpaired) electrons. The van der Waals surface area contributed by atoms with Gasteiger partial charge < -0.3 is 10.5 Å². The lowest BCUT2D eigenvalue weighted by Crippen LogP contribution is -2.00. The van der Waals surface area contributed by atoms with Crippen LogP contribution >= 0.6 is 11.6 Å². The van der Waals surface area contributed by atoms with Gasteiger partial charge in [-0.1, -0.05) is 29.8 Å². The van der Waals surface area contributed by atoms with Crippen molar-refractivity contribution in [2.24, 2.45) is 0 Å². The Balaban J connectivity index is 2.07. The van der Waals surface area contributed by atoms with Crippen LogP contribution in [0.2, 0.25) is 5.02 Å². The molecule has 0 aromatic heterocycles. The van der Waals surface area contributed by atoms with Gasteiger partial charge in [-0.3, -0.25) is 0 Å². The third kappa shape index (κ3) is 3.14. The number of anilines is 1. The van der Waals surface area contributed by atoms with Gasteiger partial charge in [-0.25, -0.2) is 0 Å². The summed E-state index contributed by atoms with van der Waals surface area (Å²) in [6, 6.07) is 13.3. The Labute approximate surface area is 106 Å². The summed E-state index contributed by atoms with van der Waals surface area (Å²) in [4.78, 5) is 0. The van der Waals surface area contributed by atoms with Gasteiger partial charge in [0.2, 0.25) is 0 Å². The van der Waals surface area contributed by atoms with Crippen molar-refractivity contribution in [3.05, 3.63) is 58.6 Å². The van der Waals surface area contributed by atoms with Gasteiger partial charge >= 0.3 is 0 Å². The number of aryl methyl sites for hydroxylation is 1. The van der Waals surface area contributed by atoms with Crippen molar-refractivity contribution in [1.29, 1.82) is 0 Å². The van der Waals surface area contributed by atoms with Crippen LogP contribution in [0, 0.1) is 6.92 Å². The molecule has 2 rings (SSSR count). The minimum atomic E-state index is 0.451. The molecule has 88 valence electrons. The fraction of sp³-hybridized carbons (Fsp3) is 0.143. The second-order valence-corrected chi connectivity index (χ2v) is 4.38. The second-order valence-electron chi connectivity index (χ2n) is 3.95. The molecule has 0 spiro atoms. The Kier molecular flexibility index (Phi) is 3.55. The number of ether oxygens (including phenoxy) is 1. The number of hydrogen-bond donors (Lipinski definition) is 1. The predicted molar refractivity (Wildman–Crippen MR) is 71.4 cm³/mol. The minimum Gasteiger partial charge on any atom is -0.489 e. The zero-order valence-corrected chi connectivity index (χ0v) is 10.4. The fourth-order valence-corrected chi connectivity index (χ4v) is 1.74. The summed E-state index contributed by atoms with van der Waals surface area (Å²) >= 11 is 5.83. The third-order valence-corrected chi connectivity index (χ3v) is 2.73. The van der Waals surface area contributed by atoms with Crippen molar-refractivity contribution < 1.29 is 4.74 Å². The molecule has 0 bridgehead atoms. The van der Waals surface area contributed by atoms with E-state index in [4.69, 9.17) is 22.1 Å². The van der Waals surface area contributed by atoms with Crippen LogP contribution in [0.3, 0.4) is 0 Å². The van der Waals surface area contributed by atoms with Gasteiger partial charge in [0.05, 0.1) is 0 Å². The van der Waals surface area contributed by atoms with Gasteiger partial charge in [-0.2, -0.15) is 0 Å². The Bertz CT molecular complexity index is 525. The van der Waals surface area contributed by atoms with Crippen LogP contribution in [0.25, 0.3) is 0 Å². The Morgan fingerprint density at radius 1 is 1.18 bits per heavy atom. The molecule has 0 heterocycles. The molecule has 0 aliphatic rings. The van der Waals surface area contributed by atoms with Crippen molar-refractivity contribution in [2.45, 2.75) is 13.5 Å². The van der Waals surface area contributed by atoms with E-state index in [-0.39, 0.29) is 0 Å². The number of hydrogen-bond acceptors (Lipinski definition) is 2. The van der Waals surface area contributed by atoms with E-state index in [9.17, 15) is 0 Å². The summed E-state index contributed by atoms with van der Waals surface area (Å²) < 4.78 is 5.67. The molecule has 0 saturated heterocycles. The SMILES string of the molecule is Cc1cccc(OCc2ccc(Cl)cc2N)c1. The summed E-state index contributed by atoms with van der Waals surface area (Å²) in [6.45, 7) is 2.48. The van der Waals surface area contributed by atoms with Crippen molar-refractivity contribution in [3.63, 3.8) is 0 Å². The average molecular weight is 248 g/mol. The van der Waals surface area contributed by atoms with E-state index in [0.717, 1.165) is 11.3 Å². The van der Waals surface area contributed by atoms with Gasteiger partial charge in [0.25, 0.3) is 0 Å². The third-order valence-electron chi connectivity index (χ3n) is 2.49. The zero-order chi connectivity index (χ0) is 12.3. The molecule has 0 aliphatic carbocycles. The average Bonchev–Trinajstić information content (AvgIpc) is 2.28. The highest BCUT2D eigenvalue weighted by atomic mass is 35.5. The number of halogens is 1. The van der Waals surface area contributed by atoms with Gasteiger partial charge in [-0.05, 0) is 36.8 Å². The van der Waals surface area contributed by atoms with E-state index >= 15 is 0 Å². The van der Waals surface area contributed by atoms with Crippen LogP contribution in [0.1, 0.15) is 11.1 Å². The molecule has 2 aromatic carbocycles. The molecule has 2 aromatic rings. The fourth-order valence-electron chi connectivity index (χ4n) is 1.56. The number of rotatable bonds is 3. The normalized spacial score (nSPS) is 10.2. The first kappa shape index (κ1) is 11.8. The number of nitrogen functional groups attached to an aromatic ring is 1. The standard InChI is InChI=1S/C14H14ClNO/c1-10-3-2-4-13(7-10)17-9-11-5-6-12(15)8-14(11)16/h2-8H,9,16H2,1H3. The van der Waals surface area contributed by atoms with Crippen LogP contribution in [-0.2, 0) is 6.61 Å². The molecule has 2 N–H and O–H groups in total. The molecular weight excluding hydrogens is 234 g/mol. The topological polar surface area (TPSA) is 35.2 Å². The van der Waals surface area contributed by atoms with Crippen LogP contribution < -0.4 is 10.5 Å². The lowest BCUT2D eigenvalue weighted by Gasteiger charge is -2.09. The number of benzene rings is 2. The van der Waals surface area contributed by atoms with E-state index in [1.165, 1.54) is 5.56 Å². The van der Waals surface area contributed by atoms with Crippen LogP contribution in [0.4, 0.5) is 5.69 Å². The van der Waals surface area contributed by atoms with Crippen molar-refractivity contribution in [2.75, 3.05) is 5.73 Å². The van der Waals surface area contributed by atoms with Gasteiger partial charge in [0.15, 0.2) is 0 Å². The summed E-state index contributed by atoms with van der Waals surface area (Å²) in [5.41, 5.74) is 8.62. The van der Waals surface area contributed by atoms with E-state index in [0.29, 0.717) is 17.3 Å². The lowest BCUT2D eigenvalue weighted by atomic mass is 10.2. The van der Waals surface area contributed by atoms with Crippen molar-refractivity contribution >= 4 is 17.3 Å². The van der Waals surface area contributed by atoms with E-state index < -0.39 is 0 Å². The highest BCUT2D eigenvalue weighted by molar-refractivity contribution is 6.30. The predicted octanol–water partition coefficient (Wildman–Crippen LogP) is 3.81.